The van der Waals surface area contributed by atoms with E-state index >= 15 is 0 Å². The molecule has 0 amide bonds. The van der Waals surface area contributed by atoms with E-state index in [9.17, 15) is 8.78 Å². The van der Waals surface area contributed by atoms with Crippen molar-refractivity contribution < 1.29 is 8.78 Å². The summed E-state index contributed by atoms with van der Waals surface area (Å²) < 4.78 is 24.4. The molecule has 0 heterocycles. The quantitative estimate of drug-likeness (QED) is 0.577. The first kappa shape index (κ1) is 10.4. The average Bonchev–Trinajstić information content (AvgIpc) is 2.02. The highest BCUT2D eigenvalue weighted by atomic mass is 32.1. The molecule has 0 atom stereocenters. The van der Waals surface area contributed by atoms with Crippen molar-refractivity contribution in [3.8, 4) is 0 Å². The van der Waals surface area contributed by atoms with Crippen LogP contribution in [0.1, 0.15) is 5.56 Å². The average molecular weight is 176 g/mol. The Morgan fingerprint density at radius 1 is 1.18 bits per heavy atom. The van der Waals surface area contributed by atoms with Gasteiger partial charge >= 0.3 is 0 Å². The standard InChI is InChI=1S/C7H6F2.CH4S/c1-5-2-3-6(8)4-7(5)9;1-2/h2-4H,1H3;2H,1H3. The number of hydrogen-bond donors (Lipinski definition) is 1. The first-order valence-electron chi connectivity index (χ1n) is 3.06. The highest BCUT2D eigenvalue weighted by Gasteiger charge is 1.95. The van der Waals surface area contributed by atoms with Crippen LogP contribution < -0.4 is 0 Å². The van der Waals surface area contributed by atoms with Gasteiger partial charge in [0.25, 0.3) is 0 Å². The second-order valence-corrected chi connectivity index (χ2v) is 1.89. The van der Waals surface area contributed by atoms with E-state index in [2.05, 4.69) is 12.6 Å². The number of hydrogen-bond acceptors (Lipinski definition) is 1. The van der Waals surface area contributed by atoms with Crippen LogP contribution >= 0.6 is 12.6 Å². The van der Waals surface area contributed by atoms with Gasteiger partial charge in [-0.25, -0.2) is 8.78 Å². The molecule has 0 radical (unpaired) electrons. The zero-order chi connectivity index (χ0) is 8.85. The molecule has 1 aromatic carbocycles. The van der Waals surface area contributed by atoms with Gasteiger partial charge in [-0.3, -0.25) is 0 Å². The van der Waals surface area contributed by atoms with Crippen LogP contribution in [0.4, 0.5) is 8.78 Å². The van der Waals surface area contributed by atoms with Crippen LogP contribution in [0.3, 0.4) is 0 Å². The van der Waals surface area contributed by atoms with Crippen LogP contribution in [-0.2, 0) is 0 Å². The van der Waals surface area contributed by atoms with Gasteiger partial charge in [0.1, 0.15) is 11.6 Å². The Hall–Kier alpha value is -0.570. The van der Waals surface area contributed by atoms with Gasteiger partial charge in [-0.2, -0.15) is 12.6 Å². The summed E-state index contributed by atoms with van der Waals surface area (Å²) in [5.41, 5.74) is 0.469. The van der Waals surface area contributed by atoms with Crippen LogP contribution in [-0.4, -0.2) is 6.26 Å². The molecule has 0 bridgehead atoms. The molecule has 0 spiro atoms. The van der Waals surface area contributed by atoms with Crippen LogP contribution in [0.5, 0.6) is 0 Å². The van der Waals surface area contributed by atoms with Gasteiger partial charge in [-0.05, 0) is 24.8 Å². The van der Waals surface area contributed by atoms with Crippen molar-refractivity contribution in [2.45, 2.75) is 6.92 Å². The Balaban J connectivity index is 0.000000461. The molecule has 62 valence electrons. The maximum Gasteiger partial charge on any atom is 0.129 e. The molecule has 0 aliphatic carbocycles. The number of rotatable bonds is 0. The lowest BCUT2D eigenvalue weighted by atomic mass is 10.2. The number of benzene rings is 1. The predicted molar refractivity (Wildman–Crippen MR) is 46.0 cm³/mol. The molecule has 0 saturated heterocycles. The van der Waals surface area contributed by atoms with Gasteiger partial charge in [0.05, 0.1) is 0 Å². The summed E-state index contributed by atoms with van der Waals surface area (Å²) in [6.45, 7) is 1.59. The highest BCUT2D eigenvalue weighted by molar-refractivity contribution is 7.79. The minimum absolute atomic E-state index is 0.469. The zero-order valence-electron chi connectivity index (χ0n) is 6.44. The molecule has 0 aromatic heterocycles. The number of halogens is 2. The molecule has 0 fully saturated rings. The molecule has 0 aliphatic rings. The van der Waals surface area contributed by atoms with Crippen molar-refractivity contribution in [3.63, 3.8) is 0 Å². The molecule has 0 saturated carbocycles. The normalized spacial score (nSPS) is 8.45. The topological polar surface area (TPSA) is 0 Å². The smallest absolute Gasteiger partial charge is 0.129 e. The second-order valence-electron chi connectivity index (χ2n) is 1.89. The van der Waals surface area contributed by atoms with Gasteiger partial charge in [0.15, 0.2) is 0 Å². The summed E-state index contributed by atoms with van der Waals surface area (Å²) in [6.07, 6.45) is 1.69. The van der Waals surface area contributed by atoms with Crippen molar-refractivity contribution >= 4 is 12.6 Å². The van der Waals surface area contributed by atoms with Crippen molar-refractivity contribution in [2.75, 3.05) is 6.26 Å². The highest BCUT2D eigenvalue weighted by Crippen LogP contribution is 2.06. The van der Waals surface area contributed by atoms with Crippen molar-refractivity contribution in [1.82, 2.24) is 0 Å². The Morgan fingerprint density at radius 3 is 2.09 bits per heavy atom. The summed E-state index contributed by atoms with van der Waals surface area (Å²) in [4.78, 5) is 0. The lowest BCUT2D eigenvalue weighted by molar-refractivity contribution is 0.577. The van der Waals surface area contributed by atoms with Crippen LogP contribution in [0.2, 0.25) is 0 Å². The Bertz CT molecular complexity index is 223. The lowest BCUT2D eigenvalue weighted by Crippen LogP contribution is -1.81. The fourth-order valence-corrected chi connectivity index (χ4v) is 0.567. The van der Waals surface area contributed by atoms with Crippen molar-refractivity contribution in [1.29, 1.82) is 0 Å². The fourth-order valence-electron chi connectivity index (χ4n) is 0.567. The molecule has 3 heteroatoms. The van der Waals surface area contributed by atoms with Crippen LogP contribution in [0.25, 0.3) is 0 Å². The summed E-state index contributed by atoms with van der Waals surface area (Å²) >= 11 is 3.53. The van der Waals surface area contributed by atoms with Crippen molar-refractivity contribution in [3.05, 3.63) is 35.4 Å². The molecular formula is C8H10F2S. The molecule has 0 nitrogen and oxygen atoms in total. The van der Waals surface area contributed by atoms with E-state index in [-0.39, 0.29) is 0 Å². The van der Waals surface area contributed by atoms with Gasteiger partial charge in [0, 0.05) is 6.07 Å². The maximum atomic E-state index is 12.3. The summed E-state index contributed by atoms with van der Waals surface area (Å²) in [6, 6.07) is 3.51. The van der Waals surface area contributed by atoms with E-state index in [0.29, 0.717) is 5.56 Å². The van der Waals surface area contributed by atoms with E-state index < -0.39 is 11.6 Å². The second kappa shape index (κ2) is 5.13. The molecule has 1 aromatic rings. The van der Waals surface area contributed by atoms with E-state index in [1.165, 1.54) is 12.1 Å². The molecular weight excluding hydrogens is 166 g/mol. The van der Waals surface area contributed by atoms with E-state index in [0.717, 1.165) is 6.07 Å². The minimum atomic E-state index is -0.530. The first-order chi connectivity index (χ1) is 5.20. The van der Waals surface area contributed by atoms with Crippen molar-refractivity contribution in [2.24, 2.45) is 0 Å². The minimum Gasteiger partial charge on any atom is -0.207 e. The molecule has 0 unspecified atom stereocenters. The summed E-state index contributed by atoms with van der Waals surface area (Å²) in [5, 5.41) is 0. The number of aryl methyl sites for hydroxylation is 1. The molecule has 0 N–H and O–H groups in total. The Kier molecular flexibility index (Phi) is 4.86. The third kappa shape index (κ3) is 3.37. The summed E-state index contributed by atoms with van der Waals surface area (Å²) in [7, 11) is 0. The Morgan fingerprint density at radius 2 is 1.73 bits per heavy atom. The fraction of sp³-hybridized carbons (Fsp3) is 0.250. The van der Waals surface area contributed by atoms with Crippen LogP contribution in [0.15, 0.2) is 18.2 Å². The third-order valence-electron chi connectivity index (χ3n) is 1.13. The summed E-state index contributed by atoms with van der Waals surface area (Å²) in [5.74, 6) is -1.02. The van der Waals surface area contributed by atoms with E-state index in [1.54, 1.807) is 13.2 Å². The van der Waals surface area contributed by atoms with Gasteiger partial charge in [-0.1, -0.05) is 6.07 Å². The SMILES string of the molecule is CS.Cc1ccc(F)cc1F. The van der Waals surface area contributed by atoms with E-state index in [4.69, 9.17) is 0 Å². The zero-order valence-corrected chi connectivity index (χ0v) is 7.33. The molecule has 1 rings (SSSR count). The first-order valence-corrected chi connectivity index (χ1v) is 3.96. The van der Waals surface area contributed by atoms with E-state index in [1.807, 2.05) is 0 Å². The lowest BCUT2D eigenvalue weighted by Gasteiger charge is -1.92. The maximum absolute atomic E-state index is 12.3. The van der Waals surface area contributed by atoms with Crippen LogP contribution in [0, 0.1) is 18.6 Å². The third-order valence-corrected chi connectivity index (χ3v) is 1.13. The number of thiol groups is 1. The molecule has 0 aliphatic heterocycles. The monoisotopic (exact) mass is 176 g/mol. The van der Waals surface area contributed by atoms with Gasteiger partial charge in [-0.15, -0.1) is 0 Å². The predicted octanol–water partition coefficient (Wildman–Crippen LogP) is 2.82. The molecule has 11 heavy (non-hydrogen) atoms. The van der Waals surface area contributed by atoms with Gasteiger partial charge in [0.2, 0.25) is 0 Å². The largest absolute Gasteiger partial charge is 0.207 e. The van der Waals surface area contributed by atoms with Gasteiger partial charge < -0.3 is 0 Å². The Labute approximate surface area is 70.7 Å².